The molecule has 0 radical (unpaired) electrons. The quantitative estimate of drug-likeness (QED) is 0.436. The summed E-state index contributed by atoms with van der Waals surface area (Å²) in [6, 6.07) is 7.36. The second kappa shape index (κ2) is 11.1. The first kappa shape index (κ1) is 25.3. The van der Waals surface area contributed by atoms with Crippen LogP contribution in [-0.2, 0) is 9.26 Å². The number of nitrogens with zero attached hydrogens (tertiary/aromatic N) is 2. The summed E-state index contributed by atoms with van der Waals surface area (Å²) in [6.07, 6.45) is 7.51. The van der Waals surface area contributed by atoms with Crippen molar-refractivity contribution in [2.75, 3.05) is 24.7 Å². The molecule has 0 aliphatic carbocycles. The van der Waals surface area contributed by atoms with Crippen molar-refractivity contribution < 1.29 is 9.26 Å². The monoisotopic (exact) mass is 452 g/mol. The standard InChI is InChI=1S/C25H33N4O2P/c1-8-19-10-12-23(26)28-21(19)14-17(3)31-25(5,6)16-30-32(7)18(4)15-22-20(9-2)11-13-24(27)29-22/h8-15H,2-3,16H2,1,4-7H3,(H2,26,28)(H2,27,29)/b18-15+,19-8-,21-14+. The third-order valence-corrected chi connectivity index (χ3v) is 6.28. The van der Waals surface area contributed by atoms with Gasteiger partial charge in [-0.1, -0.05) is 25.3 Å². The van der Waals surface area contributed by atoms with Crippen LogP contribution in [0.25, 0.3) is 24.3 Å². The van der Waals surface area contributed by atoms with E-state index in [9.17, 15) is 0 Å². The number of hydrogen-bond acceptors (Lipinski definition) is 6. The highest BCUT2D eigenvalue weighted by Crippen LogP contribution is 2.43. The van der Waals surface area contributed by atoms with Gasteiger partial charge in [-0.15, -0.1) is 0 Å². The van der Waals surface area contributed by atoms with Gasteiger partial charge in [-0.3, -0.25) is 0 Å². The molecular formula is C25H33N4O2P. The molecule has 0 aliphatic rings. The highest BCUT2D eigenvalue weighted by atomic mass is 31.1. The minimum Gasteiger partial charge on any atom is -0.486 e. The number of nitrogen functional groups attached to an aromatic ring is 2. The van der Waals surface area contributed by atoms with Crippen LogP contribution in [0.3, 0.4) is 0 Å². The Bertz CT molecular complexity index is 1140. The Morgan fingerprint density at radius 1 is 1.16 bits per heavy atom. The molecule has 0 amide bonds. The molecule has 4 N–H and O–H groups in total. The van der Waals surface area contributed by atoms with Gasteiger partial charge in [-0.2, -0.15) is 0 Å². The SMILES string of the molecule is C=Cc1ccc(N)nc1/C=C(\C)P(C)OCC(C)(C)OC(=C)/C=c1/nc(N)cc/c1=C/C. The predicted octanol–water partition coefficient (Wildman–Crippen LogP) is 4.28. The Balaban J connectivity index is 2.07. The second-order valence-corrected chi connectivity index (χ2v) is 9.90. The second-order valence-electron chi connectivity index (χ2n) is 7.94. The molecule has 2 aromatic heterocycles. The maximum Gasteiger partial charge on any atom is 0.127 e. The van der Waals surface area contributed by atoms with Crippen molar-refractivity contribution in [1.82, 2.24) is 9.97 Å². The van der Waals surface area contributed by atoms with Crippen molar-refractivity contribution in [2.45, 2.75) is 33.3 Å². The van der Waals surface area contributed by atoms with Crippen molar-refractivity contribution in [3.63, 3.8) is 0 Å². The molecule has 0 bridgehead atoms. The highest BCUT2D eigenvalue weighted by Gasteiger charge is 2.22. The van der Waals surface area contributed by atoms with Gasteiger partial charge in [0.15, 0.2) is 0 Å². The van der Waals surface area contributed by atoms with E-state index in [1.807, 2.05) is 52.0 Å². The number of ether oxygens (including phenoxy) is 1. The Morgan fingerprint density at radius 3 is 2.47 bits per heavy atom. The lowest BCUT2D eigenvalue weighted by Gasteiger charge is -2.28. The Kier molecular flexibility index (Phi) is 8.76. The van der Waals surface area contributed by atoms with Gasteiger partial charge in [0.2, 0.25) is 0 Å². The molecule has 0 saturated carbocycles. The summed E-state index contributed by atoms with van der Waals surface area (Å²) in [7, 11) is -0.850. The third kappa shape index (κ3) is 7.33. The number of pyridine rings is 2. The first-order chi connectivity index (χ1) is 15.0. The maximum absolute atomic E-state index is 6.15. The topological polar surface area (TPSA) is 96.3 Å². The van der Waals surface area contributed by atoms with Crippen molar-refractivity contribution in [1.29, 1.82) is 0 Å². The molecule has 32 heavy (non-hydrogen) atoms. The zero-order valence-corrected chi connectivity index (χ0v) is 20.4. The smallest absolute Gasteiger partial charge is 0.127 e. The van der Waals surface area contributed by atoms with Crippen LogP contribution in [0, 0.1) is 0 Å². The molecule has 2 aromatic rings. The van der Waals surface area contributed by atoms with Gasteiger partial charge < -0.3 is 20.7 Å². The summed E-state index contributed by atoms with van der Waals surface area (Å²) in [4.78, 5) is 8.77. The molecule has 2 heterocycles. The summed E-state index contributed by atoms with van der Waals surface area (Å²) < 4.78 is 12.2. The first-order valence-corrected chi connectivity index (χ1v) is 12.0. The third-order valence-electron chi connectivity index (χ3n) is 4.64. The fourth-order valence-corrected chi connectivity index (χ4v) is 3.87. The van der Waals surface area contributed by atoms with Crippen molar-refractivity contribution in [3.8, 4) is 0 Å². The van der Waals surface area contributed by atoms with Crippen LogP contribution in [0.2, 0.25) is 0 Å². The van der Waals surface area contributed by atoms with E-state index in [4.69, 9.17) is 20.7 Å². The van der Waals surface area contributed by atoms with Gasteiger partial charge in [-0.25, -0.2) is 9.97 Å². The van der Waals surface area contributed by atoms with Gasteiger partial charge in [-0.05, 0) is 80.8 Å². The van der Waals surface area contributed by atoms with E-state index in [-0.39, 0.29) is 0 Å². The van der Waals surface area contributed by atoms with Gasteiger partial charge in [0.25, 0.3) is 0 Å². The lowest BCUT2D eigenvalue weighted by atomic mass is 10.1. The number of allylic oxidation sites excluding steroid dienone is 2. The minimum absolute atomic E-state index is 0.392. The normalized spacial score (nSPS) is 14.3. The molecule has 2 rings (SSSR count). The largest absolute Gasteiger partial charge is 0.486 e. The molecule has 6 nitrogen and oxygen atoms in total. The molecule has 1 unspecified atom stereocenters. The maximum atomic E-state index is 6.15. The molecule has 7 heteroatoms. The number of rotatable bonds is 9. The number of aromatic nitrogens is 2. The molecular weight excluding hydrogens is 419 g/mol. The molecule has 0 saturated heterocycles. The minimum atomic E-state index is -0.850. The zero-order chi connectivity index (χ0) is 23.9. The molecule has 0 aromatic carbocycles. The summed E-state index contributed by atoms with van der Waals surface area (Å²) in [5.74, 6) is 1.41. The van der Waals surface area contributed by atoms with E-state index < -0.39 is 13.7 Å². The van der Waals surface area contributed by atoms with E-state index in [2.05, 4.69) is 29.8 Å². The Morgan fingerprint density at radius 2 is 1.81 bits per heavy atom. The van der Waals surface area contributed by atoms with E-state index in [1.54, 1.807) is 24.3 Å². The van der Waals surface area contributed by atoms with Crippen LogP contribution in [0.1, 0.15) is 39.0 Å². The number of anilines is 2. The molecule has 0 spiro atoms. The van der Waals surface area contributed by atoms with Crippen LogP contribution in [-0.4, -0.2) is 28.8 Å². The van der Waals surface area contributed by atoms with Gasteiger partial charge in [0, 0.05) is 6.08 Å². The number of hydrogen-bond donors (Lipinski definition) is 2. The molecule has 0 aliphatic heterocycles. The fraction of sp³-hybridized carbons (Fsp3) is 0.280. The van der Waals surface area contributed by atoms with Crippen LogP contribution in [0.5, 0.6) is 0 Å². The summed E-state index contributed by atoms with van der Waals surface area (Å²) in [5.41, 5.74) is 12.8. The molecule has 0 fully saturated rings. The van der Waals surface area contributed by atoms with Crippen LogP contribution in [0.15, 0.2) is 48.5 Å². The molecule has 170 valence electrons. The highest BCUT2D eigenvalue weighted by molar-refractivity contribution is 7.56. The van der Waals surface area contributed by atoms with Crippen LogP contribution < -0.4 is 22.0 Å². The van der Waals surface area contributed by atoms with Crippen LogP contribution >= 0.6 is 8.15 Å². The van der Waals surface area contributed by atoms with Gasteiger partial charge in [0.1, 0.15) is 23.0 Å². The summed E-state index contributed by atoms with van der Waals surface area (Å²) >= 11 is 0. The van der Waals surface area contributed by atoms with Crippen molar-refractivity contribution >= 4 is 44.1 Å². The Labute approximate surface area is 191 Å². The average molecular weight is 453 g/mol. The lowest BCUT2D eigenvalue weighted by Crippen LogP contribution is -2.32. The predicted molar refractivity (Wildman–Crippen MR) is 138 cm³/mol. The average Bonchev–Trinajstić information content (AvgIpc) is 2.72. The Hall–Kier alpha value is -2.95. The van der Waals surface area contributed by atoms with Crippen molar-refractivity contribution in [2.24, 2.45) is 0 Å². The fourth-order valence-electron chi connectivity index (χ4n) is 2.86. The summed E-state index contributed by atoms with van der Waals surface area (Å²) in [5, 5.41) is 2.76. The van der Waals surface area contributed by atoms with Gasteiger partial charge >= 0.3 is 0 Å². The lowest BCUT2D eigenvalue weighted by molar-refractivity contribution is 0.00769. The van der Waals surface area contributed by atoms with E-state index in [0.29, 0.717) is 24.0 Å². The number of nitrogens with two attached hydrogens (primary N) is 2. The van der Waals surface area contributed by atoms with E-state index >= 15 is 0 Å². The van der Waals surface area contributed by atoms with E-state index in [0.717, 1.165) is 27.1 Å². The summed E-state index contributed by atoms with van der Waals surface area (Å²) in [6.45, 7) is 18.2. The molecule has 1 atom stereocenters. The van der Waals surface area contributed by atoms with Crippen molar-refractivity contribution in [3.05, 3.63) is 70.3 Å². The van der Waals surface area contributed by atoms with E-state index in [1.165, 1.54) is 0 Å². The van der Waals surface area contributed by atoms with Gasteiger partial charge in [0.05, 0.1) is 25.8 Å². The van der Waals surface area contributed by atoms with Crippen LogP contribution in [0.4, 0.5) is 11.6 Å². The zero-order valence-electron chi connectivity index (χ0n) is 19.6. The first-order valence-electron chi connectivity index (χ1n) is 10.3.